The number of aromatic amines is 1. The van der Waals surface area contributed by atoms with E-state index in [0.717, 1.165) is 29.4 Å². The number of H-pyrrole nitrogens is 1. The van der Waals surface area contributed by atoms with Gasteiger partial charge in [-0.05, 0) is 72.4 Å². The molecule has 29 heavy (non-hydrogen) atoms. The fourth-order valence-electron chi connectivity index (χ4n) is 4.15. The third-order valence-corrected chi connectivity index (χ3v) is 6.07. The zero-order valence-corrected chi connectivity index (χ0v) is 17.4. The first-order valence-corrected chi connectivity index (χ1v) is 10.4. The molecule has 152 valence electrons. The number of hydrogen-bond acceptors (Lipinski definition) is 3. The van der Waals surface area contributed by atoms with Crippen molar-refractivity contribution >= 4 is 16.9 Å². The third-order valence-electron chi connectivity index (χ3n) is 6.07. The van der Waals surface area contributed by atoms with Gasteiger partial charge in [0.25, 0.3) is 5.91 Å². The molecule has 0 spiro atoms. The maximum atomic E-state index is 12.6. The van der Waals surface area contributed by atoms with Crippen LogP contribution in [0, 0.1) is 11.3 Å². The minimum Gasteiger partial charge on any atom is -0.508 e. The normalized spacial score (nSPS) is 16.6. The molecule has 3 aromatic rings. The first kappa shape index (κ1) is 19.5. The predicted octanol–water partition coefficient (Wildman–Crippen LogP) is 4.39. The average Bonchev–Trinajstić information content (AvgIpc) is 3.09. The lowest BCUT2D eigenvalue weighted by Crippen LogP contribution is -2.27. The molecule has 0 bridgehead atoms. The number of nitrogens with one attached hydrogen (secondary N) is 2. The number of pyridine rings is 1. The Bertz CT molecular complexity index is 1030. The van der Waals surface area contributed by atoms with Crippen LogP contribution in [0.25, 0.3) is 11.0 Å². The monoisotopic (exact) mass is 391 g/mol. The van der Waals surface area contributed by atoms with E-state index in [1.807, 2.05) is 18.2 Å². The molecule has 4 rings (SSSR count). The van der Waals surface area contributed by atoms with Gasteiger partial charge in [-0.15, -0.1) is 0 Å². The van der Waals surface area contributed by atoms with E-state index < -0.39 is 0 Å². The Hall–Kier alpha value is -2.82. The van der Waals surface area contributed by atoms with Gasteiger partial charge in [0.15, 0.2) is 0 Å². The molecule has 2 aromatic heterocycles. The number of fused-ring (bicyclic) bond motifs is 2. The van der Waals surface area contributed by atoms with Crippen molar-refractivity contribution in [3.8, 4) is 5.75 Å². The van der Waals surface area contributed by atoms with Crippen molar-refractivity contribution in [3.05, 3.63) is 58.9 Å². The summed E-state index contributed by atoms with van der Waals surface area (Å²) in [5.74, 6) is 0.791. The van der Waals surface area contributed by atoms with Crippen molar-refractivity contribution in [1.82, 2.24) is 15.3 Å². The second kappa shape index (κ2) is 7.54. The molecule has 2 heterocycles. The smallest absolute Gasteiger partial charge is 0.267 e. The molecular formula is C24H29N3O2. The van der Waals surface area contributed by atoms with Crippen molar-refractivity contribution in [2.24, 2.45) is 11.3 Å². The highest BCUT2D eigenvalue weighted by Crippen LogP contribution is 2.37. The van der Waals surface area contributed by atoms with E-state index in [9.17, 15) is 9.90 Å². The zero-order valence-electron chi connectivity index (χ0n) is 17.4. The lowest BCUT2D eigenvalue weighted by molar-refractivity contribution is 0.0950. The summed E-state index contributed by atoms with van der Waals surface area (Å²) < 4.78 is 0. The molecule has 0 saturated carbocycles. The summed E-state index contributed by atoms with van der Waals surface area (Å²) in [5.41, 5.74) is 6.20. The fourth-order valence-corrected chi connectivity index (χ4v) is 4.15. The van der Waals surface area contributed by atoms with Crippen molar-refractivity contribution in [3.63, 3.8) is 0 Å². The van der Waals surface area contributed by atoms with E-state index in [2.05, 4.69) is 37.1 Å². The van der Waals surface area contributed by atoms with E-state index in [4.69, 9.17) is 4.98 Å². The van der Waals surface area contributed by atoms with Crippen LogP contribution in [0.1, 0.15) is 54.5 Å². The lowest BCUT2D eigenvalue weighted by Gasteiger charge is -2.34. The molecular weight excluding hydrogens is 362 g/mol. The molecule has 0 aliphatic heterocycles. The quantitative estimate of drug-likeness (QED) is 0.617. The van der Waals surface area contributed by atoms with Gasteiger partial charge in [0, 0.05) is 12.2 Å². The number of aromatic hydroxyl groups is 1. The first-order chi connectivity index (χ1) is 13.8. The molecule has 1 amide bonds. The Balaban J connectivity index is 1.44. The zero-order chi connectivity index (χ0) is 20.6. The molecule has 5 nitrogen and oxygen atoms in total. The largest absolute Gasteiger partial charge is 0.508 e. The van der Waals surface area contributed by atoms with E-state index in [1.54, 1.807) is 12.1 Å². The predicted molar refractivity (Wildman–Crippen MR) is 115 cm³/mol. The van der Waals surface area contributed by atoms with Crippen molar-refractivity contribution in [2.45, 2.75) is 46.5 Å². The van der Waals surface area contributed by atoms with Crippen LogP contribution in [0.2, 0.25) is 0 Å². The minimum absolute atomic E-state index is 0.118. The second-order valence-corrected chi connectivity index (χ2v) is 9.19. The number of benzene rings is 1. The molecule has 1 aliphatic rings. The highest BCUT2D eigenvalue weighted by Gasteiger charge is 2.29. The summed E-state index contributed by atoms with van der Waals surface area (Å²) in [7, 11) is 0. The van der Waals surface area contributed by atoms with Crippen LogP contribution in [0.5, 0.6) is 5.75 Å². The molecule has 0 radical (unpaired) electrons. The Labute approximate surface area is 171 Å². The number of nitrogens with zero attached hydrogens (tertiary/aromatic N) is 1. The van der Waals surface area contributed by atoms with Gasteiger partial charge in [-0.1, -0.05) is 32.9 Å². The molecule has 1 unspecified atom stereocenters. The van der Waals surface area contributed by atoms with Crippen LogP contribution in [0.4, 0.5) is 0 Å². The van der Waals surface area contributed by atoms with Crippen molar-refractivity contribution < 1.29 is 9.90 Å². The Morgan fingerprint density at radius 3 is 2.72 bits per heavy atom. The molecule has 3 N–H and O–H groups in total. The highest BCUT2D eigenvalue weighted by atomic mass is 16.3. The fraction of sp³-hybridized carbons (Fsp3) is 0.417. The topological polar surface area (TPSA) is 78.0 Å². The number of phenols is 1. The van der Waals surface area contributed by atoms with Crippen LogP contribution in [-0.4, -0.2) is 27.5 Å². The van der Waals surface area contributed by atoms with Crippen LogP contribution in [-0.2, 0) is 19.3 Å². The summed E-state index contributed by atoms with van der Waals surface area (Å²) in [6, 6.07) is 11.1. The Morgan fingerprint density at radius 1 is 1.24 bits per heavy atom. The lowest BCUT2D eigenvalue weighted by atomic mass is 9.71. The van der Waals surface area contributed by atoms with E-state index in [1.165, 1.54) is 17.7 Å². The van der Waals surface area contributed by atoms with Gasteiger partial charge in [0.2, 0.25) is 0 Å². The van der Waals surface area contributed by atoms with Crippen LogP contribution in [0.15, 0.2) is 36.4 Å². The summed E-state index contributed by atoms with van der Waals surface area (Å²) in [6.45, 7) is 7.47. The molecule has 0 fully saturated rings. The van der Waals surface area contributed by atoms with E-state index in [0.29, 0.717) is 30.0 Å². The number of aromatic nitrogens is 2. The molecule has 5 heteroatoms. The van der Waals surface area contributed by atoms with E-state index in [-0.39, 0.29) is 11.7 Å². The highest BCUT2D eigenvalue weighted by molar-refractivity contribution is 5.97. The van der Waals surface area contributed by atoms with Gasteiger partial charge in [0.05, 0.1) is 11.0 Å². The van der Waals surface area contributed by atoms with Crippen LogP contribution >= 0.6 is 0 Å². The van der Waals surface area contributed by atoms with Gasteiger partial charge in [0.1, 0.15) is 11.4 Å². The third kappa shape index (κ3) is 4.29. The van der Waals surface area contributed by atoms with Gasteiger partial charge < -0.3 is 15.4 Å². The number of amides is 1. The Morgan fingerprint density at radius 2 is 2.00 bits per heavy atom. The maximum Gasteiger partial charge on any atom is 0.267 e. The molecule has 1 aromatic carbocycles. The summed E-state index contributed by atoms with van der Waals surface area (Å²) in [4.78, 5) is 20.6. The van der Waals surface area contributed by atoms with Crippen molar-refractivity contribution in [1.29, 1.82) is 0 Å². The average molecular weight is 392 g/mol. The molecule has 0 saturated heterocycles. The van der Waals surface area contributed by atoms with Crippen LogP contribution in [0.3, 0.4) is 0 Å². The van der Waals surface area contributed by atoms with Gasteiger partial charge >= 0.3 is 0 Å². The summed E-state index contributed by atoms with van der Waals surface area (Å²) in [6.07, 6.45) is 3.94. The second-order valence-electron chi connectivity index (χ2n) is 9.19. The number of carbonyl (C=O) groups excluding carboxylic acids is 1. The number of aryl methyl sites for hydroxylation is 1. The summed E-state index contributed by atoms with van der Waals surface area (Å²) in [5, 5.41) is 12.3. The van der Waals surface area contributed by atoms with Gasteiger partial charge in [-0.3, -0.25) is 9.78 Å². The summed E-state index contributed by atoms with van der Waals surface area (Å²) >= 11 is 0. The first-order valence-electron chi connectivity index (χ1n) is 10.4. The SMILES string of the molecule is CC(C)(C)C1CCc2nc3cc(C(=O)NCCc4ccc(O)cc4)[nH]c3cc2C1. The van der Waals surface area contributed by atoms with Crippen LogP contribution < -0.4 is 5.32 Å². The number of rotatable bonds is 4. The molecule has 1 aliphatic carbocycles. The maximum absolute atomic E-state index is 12.6. The Kier molecular flexibility index (Phi) is 5.07. The van der Waals surface area contributed by atoms with E-state index >= 15 is 0 Å². The number of hydrogen-bond donors (Lipinski definition) is 3. The minimum atomic E-state index is -0.118. The van der Waals surface area contributed by atoms with Gasteiger partial charge in [-0.25, -0.2) is 0 Å². The van der Waals surface area contributed by atoms with Gasteiger partial charge in [-0.2, -0.15) is 0 Å². The molecule has 1 atom stereocenters. The van der Waals surface area contributed by atoms with Crippen molar-refractivity contribution in [2.75, 3.05) is 6.54 Å². The number of carbonyl (C=O) groups is 1. The standard InChI is InChI=1S/C24H29N3O2/c1-24(2,3)17-6-9-19-16(12-17)13-20-21(26-19)14-22(27-20)23(29)25-11-10-15-4-7-18(28)8-5-15/h4-5,7-8,13-14,17,27-28H,6,9-12H2,1-3H3,(H,25,29). The number of phenolic OH excluding ortho intramolecular Hbond substituents is 1.